The number of hydrogen-bond donors (Lipinski definition) is 0. The van der Waals surface area contributed by atoms with Crippen LogP contribution in [0.5, 0.6) is 0 Å². The van der Waals surface area contributed by atoms with E-state index in [1.807, 2.05) is 0 Å². The Balaban J connectivity index is 1.55. The van der Waals surface area contributed by atoms with Crippen molar-refractivity contribution in [1.29, 1.82) is 0 Å². The van der Waals surface area contributed by atoms with E-state index in [9.17, 15) is 47.9 Å². The van der Waals surface area contributed by atoms with Crippen molar-refractivity contribution in [3.8, 4) is 0 Å². The zero-order valence-electron chi connectivity index (χ0n) is 33.9. The number of carbonyl (C=O) groups excluding carboxylic acids is 10. The molecule has 2 aliphatic rings. The first-order valence-electron chi connectivity index (χ1n) is 18.5. The lowest BCUT2D eigenvalue weighted by Gasteiger charge is -2.22. The summed E-state index contributed by atoms with van der Waals surface area (Å²) in [5.74, 6) is -7.68. The van der Waals surface area contributed by atoms with Crippen LogP contribution in [0.15, 0.2) is 0 Å². The fourth-order valence-corrected chi connectivity index (χ4v) is 5.27. The summed E-state index contributed by atoms with van der Waals surface area (Å²) in [6.45, 7) is 5.52. The molecule has 2 saturated heterocycles. The highest BCUT2D eigenvalue weighted by Crippen LogP contribution is 2.30. The average molecular weight is 867 g/mol. The molecule has 338 valence electrons. The van der Waals surface area contributed by atoms with Gasteiger partial charge in [-0.25, -0.2) is 0 Å². The van der Waals surface area contributed by atoms with Gasteiger partial charge in [0.05, 0.1) is 52.1 Å². The number of rotatable bonds is 25. The lowest BCUT2D eigenvalue weighted by molar-refractivity contribution is -0.197. The van der Waals surface area contributed by atoms with Crippen molar-refractivity contribution in [3.05, 3.63) is 0 Å². The standard InChI is InChI=1S/C36H50O24/c1-19(37)53-31-25(59-35(57-23(5)41)33(31)55-21(3)39)17-51-29(45)9-7-27(43)49-15-13-47-11-12-48-14-16-50-28(44)8-10-30(46)52-18-26-32(54-20(2)38)34(56-22(4)40)36(60-26)58-24(6)42/h25-26,31-36H,7-18H2,1-6H3/t25-,26-,31-,32-,33-,34-,35-,36-/m1/s1. The summed E-state index contributed by atoms with van der Waals surface area (Å²) in [5, 5.41) is 0. The molecule has 0 amide bonds. The average Bonchev–Trinajstić information content (AvgIpc) is 3.61. The summed E-state index contributed by atoms with van der Waals surface area (Å²) >= 11 is 0. The summed E-state index contributed by atoms with van der Waals surface area (Å²) in [6.07, 6.45) is -11.7. The van der Waals surface area contributed by atoms with E-state index in [1.165, 1.54) is 0 Å². The van der Waals surface area contributed by atoms with E-state index in [0.29, 0.717) is 0 Å². The summed E-state index contributed by atoms with van der Waals surface area (Å²) in [4.78, 5) is 118. The van der Waals surface area contributed by atoms with E-state index in [-0.39, 0.29) is 65.3 Å². The molecule has 0 N–H and O–H groups in total. The molecule has 0 bridgehead atoms. The van der Waals surface area contributed by atoms with Crippen LogP contribution in [0, 0.1) is 0 Å². The molecule has 2 rings (SSSR count). The Morgan fingerprint density at radius 3 is 0.917 bits per heavy atom. The molecule has 2 aliphatic heterocycles. The van der Waals surface area contributed by atoms with Gasteiger partial charge in [-0.2, -0.15) is 0 Å². The van der Waals surface area contributed by atoms with E-state index in [2.05, 4.69) is 0 Å². The second-order valence-electron chi connectivity index (χ2n) is 12.6. The summed E-state index contributed by atoms with van der Waals surface area (Å²) in [7, 11) is 0. The van der Waals surface area contributed by atoms with E-state index >= 15 is 0 Å². The molecule has 24 nitrogen and oxygen atoms in total. The van der Waals surface area contributed by atoms with Crippen molar-refractivity contribution in [2.75, 3.05) is 52.9 Å². The van der Waals surface area contributed by atoms with Gasteiger partial charge in [-0.15, -0.1) is 0 Å². The Kier molecular flexibility index (Phi) is 22.5. The monoisotopic (exact) mass is 866 g/mol. The first kappa shape index (κ1) is 50.7. The highest BCUT2D eigenvalue weighted by molar-refractivity contribution is 5.78. The third-order valence-electron chi connectivity index (χ3n) is 7.54. The van der Waals surface area contributed by atoms with Crippen molar-refractivity contribution in [1.82, 2.24) is 0 Å². The highest BCUT2D eigenvalue weighted by atomic mass is 16.8. The lowest BCUT2D eigenvalue weighted by Crippen LogP contribution is -2.42. The van der Waals surface area contributed by atoms with E-state index in [0.717, 1.165) is 41.5 Å². The predicted octanol–water partition coefficient (Wildman–Crippen LogP) is -0.944. The predicted molar refractivity (Wildman–Crippen MR) is 187 cm³/mol. The third kappa shape index (κ3) is 20.0. The molecule has 0 spiro atoms. The Hall–Kier alpha value is -5.46. The molecule has 2 fully saturated rings. The summed E-state index contributed by atoms with van der Waals surface area (Å²) in [6, 6.07) is 0. The van der Waals surface area contributed by atoms with Crippen LogP contribution >= 0.6 is 0 Å². The summed E-state index contributed by atoms with van der Waals surface area (Å²) in [5.41, 5.74) is 0. The topological polar surface area (TPSA) is 300 Å². The van der Waals surface area contributed by atoms with E-state index < -0.39 is 122 Å². The molecule has 0 aromatic carbocycles. The molecule has 0 aromatic rings. The zero-order chi connectivity index (χ0) is 44.8. The van der Waals surface area contributed by atoms with Gasteiger partial charge in [0.2, 0.25) is 24.8 Å². The first-order chi connectivity index (χ1) is 28.4. The fourth-order valence-electron chi connectivity index (χ4n) is 5.27. The first-order valence-corrected chi connectivity index (χ1v) is 18.5. The van der Waals surface area contributed by atoms with Crippen molar-refractivity contribution in [3.63, 3.8) is 0 Å². The number of ether oxygens (including phenoxy) is 14. The van der Waals surface area contributed by atoms with Crippen LogP contribution in [0.2, 0.25) is 0 Å². The van der Waals surface area contributed by atoms with Crippen LogP contribution in [-0.2, 0) is 114 Å². The second-order valence-corrected chi connectivity index (χ2v) is 12.6. The van der Waals surface area contributed by atoms with Gasteiger partial charge < -0.3 is 66.3 Å². The number of carbonyl (C=O) groups is 10. The van der Waals surface area contributed by atoms with Crippen LogP contribution in [-0.4, -0.2) is 162 Å². The third-order valence-corrected chi connectivity index (χ3v) is 7.54. The maximum atomic E-state index is 12.2. The van der Waals surface area contributed by atoms with Gasteiger partial charge in [-0.1, -0.05) is 0 Å². The Bertz CT molecular complexity index is 1400. The maximum absolute atomic E-state index is 12.2. The van der Waals surface area contributed by atoms with E-state index in [1.54, 1.807) is 0 Å². The SMILES string of the molecule is CC(=O)O[C@@H]1O[C@H](COC(=O)CCC(=O)OCCOCCOCCOC(=O)CCC(=O)OC[C@H]2O[C@@H](OC(C)=O)[C@H](OC(C)=O)[C@@H]2OC(C)=O)[C@@H](OC(C)=O)[C@H]1OC(C)=O. The molecular weight excluding hydrogens is 816 g/mol. The molecule has 60 heavy (non-hydrogen) atoms. The van der Waals surface area contributed by atoms with Gasteiger partial charge in [-0.05, 0) is 0 Å². The molecule has 0 aliphatic carbocycles. The largest absolute Gasteiger partial charge is 0.463 e. The Morgan fingerprint density at radius 2 is 0.617 bits per heavy atom. The lowest BCUT2D eigenvalue weighted by atomic mass is 10.1. The van der Waals surface area contributed by atoms with Gasteiger partial charge in [0, 0.05) is 41.5 Å². The van der Waals surface area contributed by atoms with Crippen molar-refractivity contribution < 1.29 is 114 Å². The van der Waals surface area contributed by atoms with Crippen LogP contribution in [0.25, 0.3) is 0 Å². The Morgan fingerprint density at radius 1 is 0.350 bits per heavy atom. The normalized spacial score (nSPS) is 23.0. The van der Waals surface area contributed by atoms with Gasteiger partial charge in [0.15, 0.2) is 12.2 Å². The van der Waals surface area contributed by atoms with Gasteiger partial charge in [0.25, 0.3) is 0 Å². The summed E-state index contributed by atoms with van der Waals surface area (Å²) < 4.78 is 72.4. The van der Waals surface area contributed by atoms with Crippen molar-refractivity contribution >= 4 is 59.7 Å². The van der Waals surface area contributed by atoms with Gasteiger partial charge in [0.1, 0.15) is 38.6 Å². The molecule has 0 radical (unpaired) electrons. The number of esters is 10. The maximum Gasteiger partial charge on any atom is 0.306 e. The van der Waals surface area contributed by atoms with Crippen molar-refractivity contribution in [2.24, 2.45) is 0 Å². The number of hydrogen-bond acceptors (Lipinski definition) is 24. The molecule has 0 aromatic heterocycles. The quantitative estimate of drug-likeness (QED) is 0.0607. The minimum Gasteiger partial charge on any atom is -0.463 e. The highest BCUT2D eigenvalue weighted by Gasteiger charge is 2.52. The zero-order valence-corrected chi connectivity index (χ0v) is 33.9. The molecule has 0 unspecified atom stereocenters. The van der Waals surface area contributed by atoms with Crippen LogP contribution in [0.3, 0.4) is 0 Å². The minimum atomic E-state index is -1.43. The van der Waals surface area contributed by atoms with Crippen LogP contribution < -0.4 is 0 Å². The Labute approximate surface area is 343 Å². The van der Waals surface area contributed by atoms with E-state index in [4.69, 9.17) is 66.3 Å². The molecule has 8 atom stereocenters. The smallest absolute Gasteiger partial charge is 0.306 e. The van der Waals surface area contributed by atoms with Gasteiger partial charge >= 0.3 is 59.7 Å². The van der Waals surface area contributed by atoms with Crippen molar-refractivity contribution in [2.45, 2.75) is 116 Å². The molecule has 24 heteroatoms. The second kappa shape index (κ2) is 26.6. The van der Waals surface area contributed by atoms with Crippen LogP contribution in [0.1, 0.15) is 67.2 Å². The van der Waals surface area contributed by atoms with Crippen LogP contribution in [0.4, 0.5) is 0 Å². The molecule has 2 heterocycles. The molecular formula is C36H50O24. The minimum absolute atomic E-state index is 0.00498. The molecule has 0 saturated carbocycles. The fraction of sp³-hybridized carbons (Fsp3) is 0.722. The van der Waals surface area contributed by atoms with Gasteiger partial charge in [-0.3, -0.25) is 47.9 Å².